The average molecular weight is 161 g/mol. The zero-order valence-electron chi connectivity index (χ0n) is 4.66. The molecule has 0 aliphatic heterocycles. The van der Waals surface area contributed by atoms with Crippen LogP contribution < -0.4 is 0 Å². The third-order valence-corrected chi connectivity index (χ3v) is 0.674. The highest BCUT2D eigenvalue weighted by atomic mass is 79.9. The molecular weight excluding hydrogens is 152 g/mol. The van der Waals surface area contributed by atoms with Crippen LogP contribution >= 0.6 is 15.9 Å². The molecule has 0 nitrogen and oxygen atoms in total. The molecule has 0 aromatic rings. The zero-order chi connectivity index (χ0) is 5.86. The minimum atomic E-state index is 1.08. The van der Waals surface area contributed by atoms with Gasteiger partial charge in [-0.05, 0) is 18.3 Å². The Morgan fingerprint density at radius 1 is 1.57 bits per heavy atom. The molecule has 7 heavy (non-hydrogen) atoms. The number of hydrogen-bond donors (Lipinski definition) is 0. The number of allylic oxidation sites excluding steroid dienone is 3. The van der Waals surface area contributed by atoms with Gasteiger partial charge >= 0.3 is 0 Å². The molecule has 0 amide bonds. The van der Waals surface area contributed by atoms with E-state index in [1.165, 1.54) is 0 Å². The molecule has 0 rings (SSSR count). The van der Waals surface area contributed by atoms with Crippen LogP contribution in [0.15, 0.2) is 22.7 Å². The molecule has 0 bridgehead atoms. The van der Waals surface area contributed by atoms with Crippen LogP contribution in [0.25, 0.3) is 0 Å². The van der Waals surface area contributed by atoms with Gasteiger partial charge in [-0.2, -0.15) is 0 Å². The molecule has 1 heteroatoms. The molecule has 0 aliphatic rings. The van der Waals surface area contributed by atoms with Crippen molar-refractivity contribution >= 4 is 15.9 Å². The Morgan fingerprint density at radius 3 is 2.00 bits per heavy atom. The molecule has 0 aliphatic carbocycles. The Balaban J connectivity index is 3.68. The van der Waals surface area contributed by atoms with Crippen molar-refractivity contribution in [3.05, 3.63) is 22.7 Å². The van der Waals surface area contributed by atoms with Crippen molar-refractivity contribution in [1.82, 2.24) is 0 Å². The quantitative estimate of drug-likeness (QED) is 0.518. The monoisotopic (exact) mass is 160 g/mol. The van der Waals surface area contributed by atoms with Gasteiger partial charge in [-0.25, -0.2) is 0 Å². The lowest BCUT2D eigenvalue weighted by atomic mass is 10.3. The lowest BCUT2D eigenvalue weighted by Gasteiger charge is -1.83. The molecule has 0 saturated heterocycles. The van der Waals surface area contributed by atoms with Crippen LogP contribution in [0.3, 0.4) is 0 Å². The van der Waals surface area contributed by atoms with Gasteiger partial charge in [0.1, 0.15) is 0 Å². The maximum Gasteiger partial charge on any atom is -0.00780 e. The Labute approximate surface area is 53.1 Å². The molecule has 0 aromatic heterocycles. The minimum Gasteiger partial charge on any atom is -0.0961 e. The number of hydrogen-bond acceptors (Lipinski definition) is 0. The fourth-order valence-corrected chi connectivity index (χ4v) is 0.730. The van der Waals surface area contributed by atoms with Gasteiger partial charge in [0.25, 0.3) is 0 Å². The van der Waals surface area contributed by atoms with Crippen molar-refractivity contribution in [1.29, 1.82) is 0 Å². The third kappa shape index (κ3) is 5.96. The van der Waals surface area contributed by atoms with E-state index in [-0.39, 0.29) is 0 Å². The van der Waals surface area contributed by atoms with Gasteiger partial charge in [0.15, 0.2) is 0 Å². The molecule has 0 aromatic carbocycles. The van der Waals surface area contributed by atoms with Crippen molar-refractivity contribution in [2.24, 2.45) is 0 Å². The first kappa shape index (κ1) is 6.96. The van der Waals surface area contributed by atoms with E-state index >= 15 is 0 Å². The van der Waals surface area contributed by atoms with Gasteiger partial charge in [-0.1, -0.05) is 34.2 Å². The van der Waals surface area contributed by atoms with E-state index in [1.807, 2.05) is 19.9 Å². The molecule has 0 spiro atoms. The normalized spacial score (nSPS) is 11.6. The number of rotatable bonds is 1. The van der Waals surface area contributed by atoms with Gasteiger partial charge in [0.05, 0.1) is 0 Å². The maximum absolute atomic E-state index is 3.69. The van der Waals surface area contributed by atoms with Crippen LogP contribution in [-0.4, -0.2) is 0 Å². The maximum atomic E-state index is 3.69. The van der Waals surface area contributed by atoms with Crippen molar-refractivity contribution < 1.29 is 0 Å². The van der Waals surface area contributed by atoms with Crippen LogP contribution in [-0.2, 0) is 0 Å². The zero-order valence-corrected chi connectivity index (χ0v) is 6.25. The van der Waals surface area contributed by atoms with Crippen LogP contribution in [0.2, 0.25) is 0 Å². The van der Waals surface area contributed by atoms with E-state index < -0.39 is 0 Å². The molecule has 0 saturated carbocycles. The Kier molecular flexibility index (Phi) is 3.01. The molecule has 0 unspecified atom stereocenters. The van der Waals surface area contributed by atoms with E-state index in [1.54, 1.807) is 0 Å². The van der Waals surface area contributed by atoms with Crippen molar-refractivity contribution in [2.45, 2.75) is 13.8 Å². The highest BCUT2D eigenvalue weighted by molar-refractivity contribution is 9.11. The Hall–Kier alpha value is -0.0400. The van der Waals surface area contributed by atoms with E-state index in [0.717, 1.165) is 10.1 Å². The summed E-state index contributed by atoms with van der Waals surface area (Å²) in [6.07, 6.45) is 1.97. The molecular formula is C6H9Br. The largest absolute Gasteiger partial charge is 0.0961 e. The van der Waals surface area contributed by atoms with Gasteiger partial charge in [0, 0.05) is 0 Å². The van der Waals surface area contributed by atoms with Crippen molar-refractivity contribution in [2.75, 3.05) is 0 Å². The van der Waals surface area contributed by atoms with Crippen molar-refractivity contribution in [3.8, 4) is 0 Å². The summed E-state index contributed by atoms with van der Waals surface area (Å²) in [5.74, 6) is 0. The summed E-state index contributed by atoms with van der Waals surface area (Å²) in [5.41, 5.74) is 1.08. The van der Waals surface area contributed by atoms with Gasteiger partial charge in [-0.3, -0.25) is 0 Å². The third-order valence-electron chi connectivity index (χ3n) is 0.445. The smallest absolute Gasteiger partial charge is 0.00780 e. The summed E-state index contributed by atoms with van der Waals surface area (Å²) >= 11 is 3.28. The lowest BCUT2D eigenvalue weighted by molar-refractivity contribution is 1.52. The fraction of sp³-hybridized carbons (Fsp3) is 0.333. The molecule has 0 N–H and O–H groups in total. The molecule has 0 fully saturated rings. The topological polar surface area (TPSA) is 0 Å². The molecule has 40 valence electrons. The van der Waals surface area contributed by atoms with E-state index in [9.17, 15) is 0 Å². The fourth-order valence-electron chi connectivity index (χ4n) is 0.340. The number of halogens is 1. The Bertz CT molecular complexity index is 96.7. The minimum absolute atomic E-state index is 1.08. The lowest BCUT2D eigenvalue weighted by Crippen LogP contribution is -1.60. The van der Waals surface area contributed by atoms with Gasteiger partial charge in [-0.15, -0.1) is 0 Å². The molecule has 0 radical (unpaired) electrons. The van der Waals surface area contributed by atoms with E-state index in [0.29, 0.717) is 0 Å². The average Bonchev–Trinajstić information content (AvgIpc) is 1.27. The second kappa shape index (κ2) is 3.03. The van der Waals surface area contributed by atoms with Gasteiger partial charge < -0.3 is 0 Å². The highest BCUT2D eigenvalue weighted by Crippen LogP contribution is 2.04. The summed E-state index contributed by atoms with van der Waals surface area (Å²) < 4.78 is 1.13. The standard InChI is InChI=1S/C6H9Br/c1-5(2)4-6(3)7/h4H,1H2,2-3H3/b6-4+. The summed E-state index contributed by atoms with van der Waals surface area (Å²) in [5, 5.41) is 0. The second-order valence-corrected chi connectivity index (χ2v) is 2.83. The summed E-state index contributed by atoms with van der Waals surface area (Å²) in [7, 11) is 0. The van der Waals surface area contributed by atoms with Gasteiger partial charge in [0.2, 0.25) is 0 Å². The predicted molar refractivity (Wildman–Crippen MR) is 37.5 cm³/mol. The predicted octanol–water partition coefficient (Wildman–Crippen LogP) is 2.86. The van der Waals surface area contributed by atoms with Crippen LogP contribution in [0.1, 0.15) is 13.8 Å². The first-order valence-corrected chi connectivity index (χ1v) is 2.91. The first-order chi connectivity index (χ1) is 3.13. The molecule has 0 atom stereocenters. The first-order valence-electron chi connectivity index (χ1n) is 2.12. The highest BCUT2D eigenvalue weighted by Gasteiger charge is 1.75. The van der Waals surface area contributed by atoms with Crippen LogP contribution in [0.4, 0.5) is 0 Å². The second-order valence-electron chi connectivity index (χ2n) is 1.58. The molecule has 0 heterocycles. The summed E-state index contributed by atoms with van der Waals surface area (Å²) in [6.45, 7) is 7.63. The van der Waals surface area contributed by atoms with E-state index in [2.05, 4.69) is 22.5 Å². The Morgan fingerprint density at radius 2 is 2.00 bits per heavy atom. The summed E-state index contributed by atoms with van der Waals surface area (Å²) in [4.78, 5) is 0. The van der Waals surface area contributed by atoms with Crippen LogP contribution in [0, 0.1) is 0 Å². The summed E-state index contributed by atoms with van der Waals surface area (Å²) in [6, 6.07) is 0. The van der Waals surface area contributed by atoms with E-state index in [4.69, 9.17) is 0 Å². The van der Waals surface area contributed by atoms with Crippen molar-refractivity contribution in [3.63, 3.8) is 0 Å². The van der Waals surface area contributed by atoms with Crippen LogP contribution in [0.5, 0.6) is 0 Å². The SMILES string of the molecule is C=C(C)/C=C(\C)Br.